The fourth-order valence-corrected chi connectivity index (χ4v) is 2.61. The zero-order valence-electron chi connectivity index (χ0n) is 16.9. The molecule has 2 rings (SSSR count). The van der Waals surface area contributed by atoms with E-state index in [0.29, 0.717) is 23.7 Å². The molecule has 0 fully saturated rings. The molecular weight excluding hydrogens is 356 g/mol. The lowest BCUT2D eigenvalue weighted by atomic mass is 9.86. The zero-order valence-corrected chi connectivity index (χ0v) is 16.9. The molecule has 0 aliphatic carbocycles. The van der Waals surface area contributed by atoms with Crippen LogP contribution in [-0.4, -0.2) is 31.6 Å². The van der Waals surface area contributed by atoms with Gasteiger partial charge < -0.3 is 20.1 Å². The maximum atomic E-state index is 12.3. The van der Waals surface area contributed by atoms with Gasteiger partial charge in [0.15, 0.2) is 13.2 Å². The number of likely N-dealkylation sites (N-methyl/N-ethyl adjacent to an activating group) is 1. The van der Waals surface area contributed by atoms with Crippen LogP contribution >= 0.6 is 0 Å². The molecule has 0 atom stereocenters. The van der Waals surface area contributed by atoms with E-state index in [1.807, 2.05) is 31.2 Å². The number of anilines is 1. The summed E-state index contributed by atoms with van der Waals surface area (Å²) < 4.78 is 11.2. The number of hydrogen-bond acceptors (Lipinski definition) is 4. The SMILES string of the molecule is CCNC(=O)COc1cccc(NC(=O)COc2ccccc2C(C)(C)C)c1. The molecule has 0 saturated carbocycles. The Labute approximate surface area is 166 Å². The number of carbonyl (C=O) groups is 2. The maximum absolute atomic E-state index is 12.3. The highest BCUT2D eigenvalue weighted by atomic mass is 16.5. The van der Waals surface area contributed by atoms with Crippen LogP contribution in [0.5, 0.6) is 11.5 Å². The van der Waals surface area contributed by atoms with Gasteiger partial charge in [-0.2, -0.15) is 0 Å². The summed E-state index contributed by atoms with van der Waals surface area (Å²) in [5, 5.41) is 5.44. The van der Waals surface area contributed by atoms with Gasteiger partial charge in [-0.1, -0.05) is 45.0 Å². The van der Waals surface area contributed by atoms with E-state index in [1.54, 1.807) is 24.3 Å². The number of para-hydroxylation sites is 1. The Kier molecular flexibility index (Phi) is 7.44. The average molecular weight is 384 g/mol. The third-order valence-electron chi connectivity index (χ3n) is 3.92. The number of rotatable bonds is 8. The van der Waals surface area contributed by atoms with Gasteiger partial charge in [0.05, 0.1) is 0 Å². The molecule has 0 heterocycles. The minimum absolute atomic E-state index is 0.0715. The molecule has 0 radical (unpaired) electrons. The second-order valence-electron chi connectivity index (χ2n) is 7.35. The van der Waals surface area contributed by atoms with Gasteiger partial charge in [-0.15, -0.1) is 0 Å². The van der Waals surface area contributed by atoms with Crippen molar-refractivity contribution in [2.45, 2.75) is 33.1 Å². The molecular formula is C22H28N2O4. The summed E-state index contributed by atoms with van der Waals surface area (Å²) in [6, 6.07) is 14.6. The highest BCUT2D eigenvalue weighted by molar-refractivity contribution is 5.92. The standard InChI is InChI=1S/C22H28N2O4/c1-5-23-20(25)14-27-17-10-8-9-16(13-17)24-21(26)15-28-19-12-7-6-11-18(19)22(2,3)4/h6-13H,5,14-15H2,1-4H3,(H,23,25)(H,24,26). The predicted molar refractivity (Wildman–Crippen MR) is 110 cm³/mol. The van der Waals surface area contributed by atoms with E-state index in [-0.39, 0.29) is 30.4 Å². The molecule has 0 aliphatic rings. The van der Waals surface area contributed by atoms with Crippen molar-refractivity contribution in [2.24, 2.45) is 0 Å². The predicted octanol–water partition coefficient (Wildman–Crippen LogP) is 3.52. The van der Waals surface area contributed by atoms with Gasteiger partial charge >= 0.3 is 0 Å². The summed E-state index contributed by atoms with van der Waals surface area (Å²) >= 11 is 0. The molecule has 28 heavy (non-hydrogen) atoms. The van der Waals surface area contributed by atoms with Crippen molar-refractivity contribution in [3.63, 3.8) is 0 Å². The molecule has 0 saturated heterocycles. The second kappa shape index (κ2) is 9.78. The normalized spacial score (nSPS) is 10.9. The highest BCUT2D eigenvalue weighted by Gasteiger charge is 2.19. The van der Waals surface area contributed by atoms with E-state index < -0.39 is 0 Å². The Morgan fingerprint density at radius 2 is 1.64 bits per heavy atom. The van der Waals surface area contributed by atoms with Crippen LogP contribution in [0.4, 0.5) is 5.69 Å². The largest absolute Gasteiger partial charge is 0.484 e. The average Bonchev–Trinajstić information content (AvgIpc) is 2.65. The molecule has 6 nitrogen and oxygen atoms in total. The van der Waals surface area contributed by atoms with Crippen molar-refractivity contribution in [1.29, 1.82) is 0 Å². The fourth-order valence-electron chi connectivity index (χ4n) is 2.61. The fraction of sp³-hybridized carbons (Fsp3) is 0.364. The summed E-state index contributed by atoms with van der Waals surface area (Å²) in [6.45, 7) is 8.52. The monoisotopic (exact) mass is 384 g/mol. The lowest BCUT2D eigenvalue weighted by Crippen LogP contribution is -2.28. The van der Waals surface area contributed by atoms with E-state index in [2.05, 4.69) is 31.4 Å². The van der Waals surface area contributed by atoms with Gasteiger partial charge in [-0.3, -0.25) is 9.59 Å². The van der Waals surface area contributed by atoms with Crippen molar-refractivity contribution >= 4 is 17.5 Å². The smallest absolute Gasteiger partial charge is 0.262 e. The molecule has 2 aromatic carbocycles. The van der Waals surface area contributed by atoms with Crippen molar-refractivity contribution in [3.05, 3.63) is 54.1 Å². The van der Waals surface area contributed by atoms with Gasteiger partial charge in [0.2, 0.25) is 0 Å². The van der Waals surface area contributed by atoms with Gasteiger partial charge in [-0.25, -0.2) is 0 Å². The van der Waals surface area contributed by atoms with Gasteiger partial charge in [-0.05, 0) is 36.1 Å². The Morgan fingerprint density at radius 3 is 2.36 bits per heavy atom. The van der Waals surface area contributed by atoms with E-state index in [4.69, 9.17) is 9.47 Å². The summed E-state index contributed by atoms with van der Waals surface area (Å²) in [5.74, 6) is 0.736. The third-order valence-corrected chi connectivity index (χ3v) is 3.92. The number of benzene rings is 2. The number of ether oxygens (including phenoxy) is 2. The first kappa shape index (κ1) is 21.3. The van der Waals surface area contributed by atoms with E-state index >= 15 is 0 Å². The number of nitrogens with one attached hydrogen (secondary N) is 2. The highest BCUT2D eigenvalue weighted by Crippen LogP contribution is 2.30. The first-order valence-electron chi connectivity index (χ1n) is 9.31. The minimum atomic E-state index is -0.274. The summed E-state index contributed by atoms with van der Waals surface area (Å²) in [5.41, 5.74) is 1.54. The lowest BCUT2D eigenvalue weighted by molar-refractivity contribution is -0.123. The molecule has 2 aromatic rings. The van der Waals surface area contributed by atoms with E-state index in [1.165, 1.54) is 0 Å². The van der Waals surface area contributed by atoms with Crippen molar-refractivity contribution in [1.82, 2.24) is 5.32 Å². The molecule has 2 N–H and O–H groups in total. The Balaban J connectivity index is 1.92. The molecule has 150 valence electrons. The summed E-state index contributed by atoms with van der Waals surface area (Å²) in [6.07, 6.45) is 0. The van der Waals surface area contributed by atoms with Gasteiger partial charge in [0.25, 0.3) is 11.8 Å². The Bertz CT molecular complexity index is 812. The van der Waals surface area contributed by atoms with Crippen LogP contribution in [0.3, 0.4) is 0 Å². The second-order valence-corrected chi connectivity index (χ2v) is 7.35. The lowest BCUT2D eigenvalue weighted by Gasteiger charge is -2.22. The van der Waals surface area contributed by atoms with Gasteiger partial charge in [0, 0.05) is 18.3 Å². The molecule has 0 aromatic heterocycles. The molecule has 0 spiro atoms. The van der Waals surface area contributed by atoms with Crippen molar-refractivity contribution in [3.8, 4) is 11.5 Å². The van der Waals surface area contributed by atoms with E-state index in [9.17, 15) is 9.59 Å². The minimum Gasteiger partial charge on any atom is -0.484 e. The first-order chi connectivity index (χ1) is 13.3. The van der Waals surface area contributed by atoms with Crippen LogP contribution in [0, 0.1) is 0 Å². The molecule has 0 bridgehead atoms. The quantitative estimate of drug-likeness (QED) is 0.730. The third kappa shape index (κ3) is 6.61. The number of hydrogen-bond donors (Lipinski definition) is 2. The van der Waals surface area contributed by atoms with Crippen LogP contribution in [-0.2, 0) is 15.0 Å². The molecule has 0 aliphatic heterocycles. The number of amides is 2. The van der Waals surface area contributed by atoms with Crippen molar-refractivity contribution < 1.29 is 19.1 Å². The van der Waals surface area contributed by atoms with Crippen LogP contribution in [0.25, 0.3) is 0 Å². The first-order valence-corrected chi connectivity index (χ1v) is 9.31. The van der Waals surface area contributed by atoms with Crippen LogP contribution in [0.15, 0.2) is 48.5 Å². The molecule has 6 heteroatoms. The summed E-state index contributed by atoms with van der Waals surface area (Å²) in [4.78, 5) is 23.7. The topological polar surface area (TPSA) is 76.7 Å². The molecule has 0 unspecified atom stereocenters. The Hall–Kier alpha value is -3.02. The van der Waals surface area contributed by atoms with E-state index in [0.717, 1.165) is 5.56 Å². The molecule has 2 amide bonds. The summed E-state index contributed by atoms with van der Waals surface area (Å²) in [7, 11) is 0. The maximum Gasteiger partial charge on any atom is 0.262 e. The van der Waals surface area contributed by atoms with Crippen molar-refractivity contribution in [2.75, 3.05) is 25.1 Å². The Morgan fingerprint density at radius 1 is 0.929 bits per heavy atom. The number of carbonyl (C=O) groups excluding carboxylic acids is 2. The zero-order chi connectivity index (χ0) is 20.6. The van der Waals surface area contributed by atoms with Crippen LogP contribution < -0.4 is 20.1 Å². The van der Waals surface area contributed by atoms with Crippen LogP contribution in [0.2, 0.25) is 0 Å². The van der Waals surface area contributed by atoms with Gasteiger partial charge in [0.1, 0.15) is 11.5 Å². The van der Waals surface area contributed by atoms with Crippen LogP contribution in [0.1, 0.15) is 33.3 Å².